The Kier molecular flexibility index (Phi) is 5.76. The highest BCUT2D eigenvalue weighted by molar-refractivity contribution is 5.92. The van der Waals surface area contributed by atoms with E-state index >= 15 is 0 Å². The maximum absolute atomic E-state index is 13.1. The fraction of sp³-hybridized carbons (Fsp3) is 0.107. The number of carbonyl (C=O) groups is 1. The van der Waals surface area contributed by atoms with Gasteiger partial charge in [0.15, 0.2) is 0 Å². The number of hydrogen-bond acceptors (Lipinski definition) is 2. The Bertz CT molecular complexity index is 1020. The Morgan fingerprint density at radius 1 is 0.867 bits per heavy atom. The molecule has 0 aromatic heterocycles. The maximum atomic E-state index is 13.1. The van der Waals surface area contributed by atoms with E-state index in [4.69, 9.17) is 4.74 Å². The third kappa shape index (κ3) is 3.53. The molecule has 0 saturated heterocycles. The first-order valence-corrected chi connectivity index (χ1v) is 10.1. The first kappa shape index (κ1) is 19.7. The summed E-state index contributed by atoms with van der Waals surface area (Å²) in [5.74, 6) is -0.546. The van der Waals surface area contributed by atoms with Crippen LogP contribution in [0.25, 0.3) is 0 Å². The van der Waals surface area contributed by atoms with Crippen LogP contribution in [0.1, 0.15) is 22.6 Å². The van der Waals surface area contributed by atoms with Gasteiger partial charge in [0.2, 0.25) is 0 Å². The second-order valence-corrected chi connectivity index (χ2v) is 7.31. The summed E-state index contributed by atoms with van der Waals surface area (Å²) in [5.41, 5.74) is 3.42. The van der Waals surface area contributed by atoms with Gasteiger partial charge in [-0.1, -0.05) is 122 Å². The van der Waals surface area contributed by atoms with E-state index in [0.29, 0.717) is 5.57 Å². The molecule has 4 rings (SSSR count). The van der Waals surface area contributed by atoms with Crippen LogP contribution in [0.15, 0.2) is 127 Å². The van der Waals surface area contributed by atoms with E-state index in [-0.39, 0.29) is 18.5 Å². The summed E-state index contributed by atoms with van der Waals surface area (Å²) in [6.45, 7) is 3.85. The van der Waals surface area contributed by atoms with Crippen molar-refractivity contribution < 1.29 is 9.53 Å². The van der Waals surface area contributed by atoms with Crippen molar-refractivity contribution in [2.24, 2.45) is 0 Å². The lowest BCUT2D eigenvalue weighted by Crippen LogP contribution is -2.38. The van der Waals surface area contributed by atoms with E-state index < -0.39 is 5.41 Å². The van der Waals surface area contributed by atoms with Gasteiger partial charge in [-0.15, -0.1) is 0 Å². The van der Waals surface area contributed by atoms with Crippen molar-refractivity contribution >= 4 is 5.97 Å². The molecule has 1 unspecified atom stereocenters. The van der Waals surface area contributed by atoms with Gasteiger partial charge in [-0.3, -0.25) is 0 Å². The molecular weight excluding hydrogens is 368 g/mol. The predicted octanol–water partition coefficient (Wildman–Crippen LogP) is 5.98. The zero-order valence-corrected chi connectivity index (χ0v) is 16.8. The van der Waals surface area contributed by atoms with Gasteiger partial charge in [0.1, 0.15) is 6.61 Å². The van der Waals surface area contributed by atoms with Crippen molar-refractivity contribution in [1.82, 2.24) is 0 Å². The van der Waals surface area contributed by atoms with Crippen LogP contribution < -0.4 is 0 Å². The highest BCUT2D eigenvalue weighted by atomic mass is 16.5. The SMILES string of the molecule is C=CCOC(=O)C1=CC=CC(c2ccccc2)(c2ccccc2)C1c1ccccc1. The normalized spacial score (nSPS) is 17.1. The molecule has 0 radical (unpaired) electrons. The van der Waals surface area contributed by atoms with Gasteiger partial charge in [-0.25, -0.2) is 4.79 Å². The van der Waals surface area contributed by atoms with Crippen LogP contribution in [0.4, 0.5) is 0 Å². The molecule has 0 saturated carbocycles. The second-order valence-electron chi connectivity index (χ2n) is 7.31. The predicted molar refractivity (Wildman–Crippen MR) is 121 cm³/mol. The molecule has 0 aliphatic heterocycles. The Balaban J connectivity index is 1.98. The smallest absolute Gasteiger partial charge is 0.335 e. The molecule has 0 fully saturated rings. The molecule has 2 heteroatoms. The first-order chi connectivity index (χ1) is 14.8. The third-order valence-electron chi connectivity index (χ3n) is 5.61. The number of ether oxygens (including phenoxy) is 1. The van der Waals surface area contributed by atoms with Gasteiger partial charge >= 0.3 is 5.97 Å². The Labute approximate surface area is 177 Å². The average molecular weight is 392 g/mol. The topological polar surface area (TPSA) is 26.3 Å². The highest BCUT2D eigenvalue weighted by Crippen LogP contribution is 2.51. The van der Waals surface area contributed by atoms with Crippen molar-refractivity contribution in [1.29, 1.82) is 0 Å². The summed E-state index contributed by atoms with van der Waals surface area (Å²) in [5, 5.41) is 0. The molecule has 0 spiro atoms. The number of benzene rings is 3. The number of rotatable bonds is 6. The molecule has 0 amide bonds. The van der Waals surface area contributed by atoms with Crippen LogP contribution in [-0.2, 0) is 14.9 Å². The van der Waals surface area contributed by atoms with Crippen LogP contribution in [0, 0.1) is 0 Å². The molecule has 1 aliphatic rings. The molecule has 3 aromatic rings. The standard InChI is InChI=1S/C28H24O2/c1-2-21-30-27(29)25-19-12-20-28(23-15-8-4-9-16-23,24-17-10-5-11-18-24)26(25)22-13-6-3-7-14-22/h2-20,26H,1,21H2. The Morgan fingerprint density at radius 2 is 1.40 bits per heavy atom. The van der Waals surface area contributed by atoms with E-state index in [1.165, 1.54) is 0 Å². The minimum Gasteiger partial charge on any atom is -0.458 e. The quantitative estimate of drug-likeness (QED) is 0.381. The lowest BCUT2D eigenvalue weighted by Gasteiger charge is -2.42. The van der Waals surface area contributed by atoms with E-state index in [0.717, 1.165) is 16.7 Å². The summed E-state index contributed by atoms with van der Waals surface area (Å²) in [6.07, 6.45) is 7.66. The first-order valence-electron chi connectivity index (χ1n) is 10.1. The molecule has 30 heavy (non-hydrogen) atoms. The van der Waals surface area contributed by atoms with Gasteiger partial charge in [0, 0.05) is 16.9 Å². The van der Waals surface area contributed by atoms with E-state index in [2.05, 4.69) is 49.1 Å². The summed E-state index contributed by atoms with van der Waals surface area (Å²) < 4.78 is 5.49. The zero-order valence-electron chi connectivity index (χ0n) is 16.8. The van der Waals surface area contributed by atoms with E-state index in [9.17, 15) is 4.79 Å². The fourth-order valence-corrected chi connectivity index (χ4v) is 4.35. The van der Waals surface area contributed by atoms with Crippen LogP contribution in [0.3, 0.4) is 0 Å². The maximum Gasteiger partial charge on any atom is 0.335 e. The van der Waals surface area contributed by atoms with Gasteiger partial charge in [0.05, 0.1) is 0 Å². The minimum absolute atomic E-state index is 0.186. The van der Waals surface area contributed by atoms with Crippen LogP contribution >= 0.6 is 0 Å². The molecule has 0 heterocycles. The third-order valence-corrected chi connectivity index (χ3v) is 5.61. The number of carbonyl (C=O) groups excluding carboxylic acids is 1. The van der Waals surface area contributed by atoms with Gasteiger partial charge in [0.25, 0.3) is 0 Å². The summed E-state index contributed by atoms with van der Waals surface area (Å²) in [4.78, 5) is 13.1. The molecular formula is C28H24O2. The number of hydrogen-bond donors (Lipinski definition) is 0. The lowest BCUT2D eigenvalue weighted by molar-refractivity contribution is -0.138. The van der Waals surface area contributed by atoms with Gasteiger partial charge < -0.3 is 4.74 Å². The average Bonchev–Trinajstić information content (AvgIpc) is 2.83. The molecule has 3 aromatic carbocycles. The summed E-state index contributed by atoms with van der Waals surface area (Å²) in [6, 6.07) is 30.9. The molecule has 1 atom stereocenters. The molecule has 1 aliphatic carbocycles. The van der Waals surface area contributed by atoms with Gasteiger partial charge in [-0.2, -0.15) is 0 Å². The highest BCUT2D eigenvalue weighted by Gasteiger charge is 2.46. The molecule has 2 nitrogen and oxygen atoms in total. The lowest BCUT2D eigenvalue weighted by atomic mass is 9.59. The van der Waals surface area contributed by atoms with Crippen LogP contribution in [0.5, 0.6) is 0 Å². The van der Waals surface area contributed by atoms with Gasteiger partial charge in [-0.05, 0) is 16.7 Å². The van der Waals surface area contributed by atoms with Crippen LogP contribution in [-0.4, -0.2) is 12.6 Å². The Morgan fingerprint density at radius 3 is 1.93 bits per heavy atom. The molecule has 148 valence electrons. The fourth-order valence-electron chi connectivity index (χ4n) is 4.35. The van der Waals surface area contributed by atoms with Crippen molar-refractivity contribution in [2.75, 3.05) is 6.61 Å². The summed E-state index contributed by atoms with van der Waals surface area (Å²) in [7, 11) is 0. The zero-order chi connectivity index (χ0) is 20.8. The van der Waals surface area contributed by atoms with Crippen molar-refractivity contribution in [3.05, 3.63) is 144 Å². The van der Waals surface area contributed by atoms with Crippen molar-refractivity contribution in [2.45, 2.75) is 11.3 Å². The van der Waals surface area contributed by atoms with E-state index in [1.54, 1.807) is 6.08 Å². The number of allylic oxidation sites excluding steroid dienone is 3. The largest absolute Gasteiger partial charge is 0.458 e. The molecule has 0 N–H and O–H groups in total. The minimum atomic E-state index is -0.541. The van der Waals surface area contributed by atoms with E-state index in [1.807, 2.05) is 66.7 Å². The summed E-state index contributed by atoms with van der Waals surface area (Å²) >= 11 is 0. The van der Waals surface area contributed by atoms with Crippen molar-refractivity contribution in [3.63, 3.8) is 0 Å². The molecule has 0 bridgehead atoms. The number of esters is 1. The van der Waals surface area contributed by atoms with Crippen LogP contribution in [0.2, 0.25) is 0 Å². The monoisotopic (exact) mass is 392 g/mol. The second kappa shape index (κ2) is 8.79. The Hall–Kier alpha value is -3.65. The van der Waals surface area contributed by atoms with Crippen molar-refractivity contribution in [3.8, 4) is 0 Å².